The van der Waals surface area contributed by atoms with Crippen molar-refractivity contribution < 1.29 is 28.6 Å². The van der Waals surface area contributed by atoms with E-state index in [-0.39, 0.29) is 31.1 Å². The van der Waals surface area contributed by atoms with Crippen LogP contribution in [0.4, 0.5) is 0 Å². The molecule has 0 aliphatic carbocycles. The van der Waals surface area contributed by atoms with E-state index >= 15 is 0 Å². The first-order valence-electron chi connectivity index (χ1n) is 26.1. The normalized spacial score (nSPS) is 12.4. The number of carbonyl (C=O) groups excluding carboxylic acids is 3. The highest BCUT2D eigenvalue weighted by atomic mass is 16.6. The quantitative estimate of drug-likeness (QED) is 0.0263. The number of ether oxygens (including phenoxy) is 3. The van der Waals surface area contributed by atoms with Crippen molar-refractivity contribution in [1.82, 2.24) is 0 Å². The standard InChI is InChI=1S/C55H98O6/c1-4-7-10-13-16-19-22-25-27-28-29-31-33-36-39-42-45-48-54(57)60-51-52(50-59-53(56)47-44-41-38-35-32-24-21-18-15-12-9-6-3)61-55(58)49-46-43-40-37-34-30-26-23-20-17-14-11-8-5-2/h16,19,23,25-27,29,31,52H,4-15,17-18,20-22,24,28,30,32-51H2,1-3H3/b19-16-,26-23-,27-25-,31-29-/t52-/m1/s1. The fourth-order valence-corrected chi connectivity index (χ4v) is 7.33. The van der Waals surface area contributed by atoms with Gasteiger partial charge in [0.15, 0.2) is 6.10 Å². The lowest BCUT2D eigenvalue weighted by molar-refractivity contribution is -0.167. The average molecular weight is 855 g/mol. The van der Waals surface area contributed by atoms with E-state index in [1.54, 1.807) is 0 Å². The molecule has 6 heteroatoms. The second-order valence-corrected chi connectivity index (χ2v) is 17.4. The number of unbranched alkanes of at least 4 members (excludes halogenated alkanes) is 28. The van der Waals surface area contributed by atoms with Gasteiger partial charge >= 0.3 is 17.9 Å². The molecule has 0 rings (SSSR count). The summed E-state index contributed by atoms with van der Waals surface area (Å²) in [5, 5.41) is 0. The lowest BCUT2D eigenvalue weighted by atomic mass is 10.0. The van der Waals surface area contributed by atoms with Gasteiger partial charge in [0.05, 0.1) is 0 Å². The Hall–Kier alpha value is -2.63. The van der Waals surface area contributed by atoms with Gasteiger partial charge in [-0.3, -0.25) is 14.4 Å². The van der Waals surface area contributed by atoms with Crippen LogP contribution in [0.25, 0.3) is 0 Å². The molecule has 61 heavy (non-hydrogen) atoms. The molecule has 0 bridgehead atoms. The van der Waals surface area contributed by atoms with Gasteiger partial charge in [-0.2, -0.15) is 0 Å². The maximum Gasteiger partial charge on any atom is 0.306 e. The van der Waals surface area contributed by atoms with Gasteiger partial charge in [0.25, 0.3) is 0 Å². The van der Waals surface area contributed by atoms with Crippen LogP contribution >= 0.6 is 0 Å². The second-order valence-electron chi connectivity index (χ2n) is 17.4. The Bertz CT molecular complexity index is 1070. The molecule has 0 aromatic heterocycles. The van der Waals surface area contributed by atoms with Crippen LogP contribution in [0.3, 0.4) is 0 Å². The summed E-state index contributed by atoms with van der Waals surface area (Å²) in [6.07, 6.45) is 59.4. The SMILES string of the molecule is CCCCC/C=C\C/C=C\C/C=C\CCCCCCC(=O)OC[C@@H](COC(=O)CCCCCCCCCCCCCC)OC(=O)CCCCCCC/C=C\CCCCCCC. The zero-order chi connectivity index (χ0) is 44.4. The molecule has 0 heterocycles. The van der Waals surface area contributed by atoms with E-state index in [4.69, 9.17) is 14.2 Å². The summed E-state index contributed by atoms with van der Waals surface area (Å²) < 4.78 is 16.8. The highest BCUT2D eigenvalue weighted by molar-refractivity contribution is 5.71. The third-order valence-corrected chi connectivity index (χ3v) is 11.3. The van der Waals surface area contributed by atoms with E-state index in [2.05, 4.69) is 69.4 Å². The molecule has 354 valence electrons. The number of carbonyl (C=O) groups is 3. The smallest absolute Gasteiger partial charge is 0.306 e. The molecular weight excluding hydrogens is 757 g/mol. The van der Waals surface area contributed by atoms with Gasteiger partial charge in [0, 0.05) is 19.3 Å². The van der Waals surface area contributed by atoms with E-state index in [1.165, 1.54) is 128 Å². The van der Waals surface area contributed by atoms with Crippen LogP contribution in [0.5, 0.6) is 0 Å². The summed E-state index contributed by atoms with van der Waals surface area (Å²) in [6.45, 7) is 6.58. The predicted molar refractivity (Wildman–Crippen MR) is 261 cm³/mol. The zero-order valence-electron chi connectivity index (χ0n) is 40.4. The molecular formula is C55H98O6. The van der Waals surface area contributed by atoms with Crippen LogP contribution < -0.4 is 0 Å². The van der Waals surface area contributed by atoms with Gasteiger partial charge in [-0.25, -0.2) is 0 Å². The summed E-state index contributed by atoms with van der Waals surface area (Å²) >= 11 is 0. The largest absolute Gasteiger partial charge is 0.462 e. The first-order chi connectivity index (χ1) is 30.0. The maximum atomic E-state index is 12.8. The van der Waals surface area contributed by atoms with Crippen LogP contribution in [-0.2, 0) is 28.6 Å². The number of esters is 3. The molecule has 0 amide bonds. The third-order valence-electron chi connectivity index (χ3n) is 11.3. The second kappa shape index (κ2) is 50.0. The summed E-state index contributed by atoms with van der Waals surface area (Å²) in [5.74, 6) is -0.906. The van der Waals surface area contributed by atoms with Crippen LogP contribution in [0.15, 0.2) is 48.6 Å². The minimum absolute atomic E-state index is 0.0815. The number of rotatable bonds is 47. The average Bonchev–Trinajstić information content (AvgIpc) is 3.26. The highest BCUT2D eigenvalue weighted by Gasteiger charge is 2.19. The molecule has 1 atom stereocenters. The first kappa shape index (κ1) is 58.4. The summed E-state index contributed by atoms with van der Waals surface area (Å²) in [4.78, 5) is 37.9. The Kier molecular flexibility index (Phi) is 47.9. The van der Waals surface area contributed by atoms with Gasteiger partial charge in [0.1, 0.15) is 13.2 Å². The fraction of sp³-hybridized carbons (Fsp3) is 0.800. The number of hydrogen-bond acceptors (Lipinski definition) is 6. The van der Waals surface area contributed by atoms with Crippen molar-refractivity contribution in [1.29, 1.82) is 0 Å². The molecule has 0 N–H and O–H groups in total. The Morgan fingerprint density at radius 1 is 0.328 bits per heavy atom. The van der Waals surface area contributed by atoms with Crippen molar-refractivity contribution in [3.63, 3.8) is 0 Å². The molecule has 0 radical (unpaired) electrons. The van der Waals surface area contributed by atoms with Gasteiger partial charge in [0.2, 0.25) is 0 Å². The molecule has 0 aromatic rings. The van der Waals surface area contributed by atoms with Crippen LogP contribution in [-0.4, -0.2) is 37.2 Å². The van der Waals surface area contributed by atoms with Crippen LogP contribution in [0.1, 0.15) is 265 Å². The van der Waals surface area contributed by atoms with E-state index in [1.807, 2.05) is 0 Å². The van der Waals surface area contributed by atoms with E-state index < -0.39 is 6.10 Å². The number of hydrogen-bond donors (Lipinski definition) is 0. The zero-order valence-corrected chi connectivity index (χ0v) is 40.4. The Balaban J connectivity index is 4.41. The highest BCUT2D eigenvalue weighted by Crippen LogP contribution is 2.15. The summed E-state index contributed by atoms with van der Waals surface area (Å²) in [5.41, 5.74) is 0. The molecule has 0 aliphatic heterocycles. The molecule has 0 saturated heterocycles. The molecule has 0 saturated carbocycles. The Labute approximate surface area is 378 Å². The van der Waals surface area contributed by atoms with Crippen LogP contribution in [0.2, 0.25) is 0 Å². The molecule has 0 aromatic carbocycles. The summed E-state index contributed by atoms with van der Waals surface area (Å²) in [7, 11) is 0. The predicted octanol–water partition coefficient (Wildman–Crippen LogP) is 17.1. The van der Waals surface area contributed by atoms with Crippen molar-refractivity contribution >= 4 is 17.9 Å². The Morgan fingerprint density at radius 2 is 0.590 bits per heavy atom. The van der Waals surface area contributed by atoms with E-state index in [0.29, 0.717) is 19.3 Å². The first-order valence-corrected chi connectivity index (χ1v) is 26.1. The lowest BCUT2D eigenvalue weighted by Gasteiger charge is -2.18. The Morgan fingerprint density at radius 3 is 0.967 bits per heavy atom. The molecule has 0 spiro atoms. The van der Waals surface area contributed by atoms with Crippen molar-refractivity contribution in [3.05, 3.63) is 48.6 Å². The topological polar surface area (TPSA) is 78.9 Å². The minimum Gasteiger partial charge on any atom is -0.462 e. The summed E-state index contributed by atoms with van der Waals surface area (Å²) in [6, 6.07) is 0. The lowest BCUT2D eigenvalue weighted by Crippen LogP contribution is -2.30. The molecule has 0 fully saturated rings. The number of allylic oxidation sites excluding steroid dienone is 8. The van der Waals surface area contributed by atoms with Gasteiger partial charge in [-0.15, -0.1) is 0 Å². The van der Waals surface area contributed by atoms with Crippen molar-refractivity contribution in [3.8, 4) is 0 Å². The van der Waals surface area contributed by atoms with E-state index in [0.717, 1.165) is 96.3 Å². The van der Waals surface area contributed by atoms with Gasteiger partial charge in [-0.05, 0) is 83.5 Å². The van der Waals surface area contributed by atoms with Gasteiger partial charge < -0.3 is 14.2 Å². The maximum absolute atomic E-state index is 12.8. The van der Waals surface area contributed by atoms with Crippen molar-refractivity contribution in [2.24, 2.45) is 0 Å². The van der Waals surface area contributed by atoms with Crippen molar-refractivity contribution in [2.75, 3.05) is 13.2 Å². The fourth-order valence-electron chi connectivity index (χ4n) is 7.33. The van der Waals surface area contributed by atoms with Crippen LogP contribution in [0, 0.1) is 0 Å². The molecule has 6 nitrogen and oxygen atoms in total. The van der Waals surface area contributed by atoms with E-state index in [9.17, 15) is 14.4 Å². The van der Waals surface area contributed by atoms with Crippen molar-refractivity contribution in [2.45, 2.75) is 271 Å². The van der Waals surface area contributed by atoms with Gasteiger partial charge in [-0.1, -0.05) is 211 Å². The third kappa shape index (κ3) is 48.3. The monoisotopic (exact) mass is 855 g/mol. The molecule has 0 unspecified atom stereocenters. The minimum atomic E-state index is -0.783. The molecule has 0 aliphatic rings.